The molecule has 1 aliphatic rings. The molecule has 188 valence electrons. The minimum Gasteiger partial charge on any atom is -0.492 e. The van der Waals surface area contributed by atoms with E-state index in [9.17, 15) is 27.6 Å². The van der Waals surface area contributed by atoms with Gasteiger partial charge in [0.25, 0.3) is 0 Å². The SMILES string of the molecule is COC(=O)c1ccc(OCCN2C(=O)CCCN2CCC(=O)Cc2cccc(C(F)(F)F)c2)cc1. The van der Waals surface area contributed by atoms with Crippen molar-refractivity contribution in [2.45, 2.75) is 31.9 Å². The van der Waals surface area contributed by atoms with Crippen molar-refractivity contribution in [2.24, 2.45) is 0 Å². The molecule has 35 heavy (non-hydrogen) atoms. The summed E-state index contributed by atoms with van der Waals surface area (Å²) in [7, 11) is 1.30. The number of alkyl halides is 3. The molecule has 0 bridgehead atoms. The number of benzene rings is 2. The van der Waals surface area contributed by atoms with Gasteiger partial charge in [-0.05, 0) is 42.3 Å². The first-order chi connectivity index (χ1) is 16.7. The van der Waals surface area contributed by atoms with Crippen LogP contribution in [0.2, 0.25) is 0 Å². The maximum atomic E-state index is 12.9. The molecule has 10 heteroatoms. The molecular weight excluding hydrogens is 465 g/mol. The van der Waals surface area contributed by atoms with Gasteiger partial charge >= 0.3 is 12.1 Å². The van der Waals surface area contributed by atoms with Crippen LogP contribution in [-0.2, 0) is 26.9 Å². The highest BCUT2D eigenvalue weighted by molar-refractivity contribution is 5.89. The molecule has 3 rings (SSSR count). The molecule has 1 saturated heterocycles. The number of methoxy groups -OCH3 is 1. The Bertz CT molecular complexity index is 1040. The van der Waals surface area contributed by atoms with Gasteiger partial charge in [0.2, 0.25) is 5.91 Å². The molecule has 0 atom stereocenters. The van der Waals surface area contributed by atoms with E-state index in [1.807, 2.05) is 0 Å². The van der Waals surface area contributed by atoms with Gasteiger partial charge in [0.1, 0.15) is 18.1 Å². The highest BCUT2D eigenvalue weighted by Crippen LogP contribution is 2.29. The van der Waals surface area contributed by atoms with Crippen LogP contribution in [0.15, 0.2) is 48.5 Å². The minimum absolute atomic E-state index is 0.0776. The monoisotopic (exact) mass is 492 g/mol. The fourth-order valence-electron chi connectivity index (χ4n) is 3.80. The Morgan fingerprint density at radius 3 is 2.49 bits per heavy atom. The van der Waals surface area contributed by atoms with Crippen molar-refractivity contribution in [2.75, 3.05) is 33.4 Å². The molecule has 1 amide bonds. The summed E-state index contributed by atoms with van der Waals surface area (Å²) in [5.74, 6) is -0.200. The summed E-state index contributed by atoms with van der Waals surface area (Å²) >= 11 is 0. The Balaban J connectivity index is 1.50. The van der Waals surface area contributed by atoms with Crippen molar-refractivity contribution in [1.29, 1.82) is 0 Å². The van der Waals surface area contributed by atoms with Crippen molar-refractivity contribution in [1.82, 2.24) is 10.0 Å². The smallest absolute Gasteiger partial charge is 0.416 e. The van der Waals surface area contributed by atoms with Gasteiger partial charge in [0.15, 0.2) is 0 Å². The molecule has 2 aromatic rings. The van der Waals surface area contributed by atoms with Gasteiger partial charge in [0.05, 0.1) is 24.8 Å². The van der Waals surface area contributed by atoms with Crippen molar-refractivity contribution < 1.29 is 37.0 Å². The van der Waals surface area contributed by atoms with Crippen LogP contribution in [0.3, 0.4) is 0 Å². The predicted octanol–water partition coefficient (Wildman–Crippen LogP) is 3.91. The number of Topliss-reactive ketones (excluding diaryl/α,β-unsaturated/α-hetero) is 1. The summed E-state index contributed by atoms with van der Waals surface area (Å²) in [6.45, 7) is 1.37. The first-order valence-corrected chi connectivity index (χ1v) is 11.2. The van der Waals surface area contributed by atoms with Gasteiger partial charge in [0, 0.05) is 32.4 Å². The molecule has 1 aliphatic heterocycles. The molecule has 0 unspecified atom stereocenters. The lowest BCUT2D eigenvalue weighted by Crippen LogP contribution is -2.52. The number of carbonyl (C=O) groups excluding carboxylic acids is 3. The van der Waals surface area contributed by atoms with Gasteiger partial charge in [-0.3, -0.25) is 14.6 Å². The van der Waals surface area contributed by atoms with Crippen LogP contribution >= 0.6 is 0 Å². The van der Waals surface area contributed by atoms with E-state index in [1.54, 1.807) is 34.3 Å². The summed E-state index contributed by atoms with van der Waals surface area (Å²) in [6, 6.07) is 11.2. The van der Waals surface area contributed by atoms with E-state index in [0.717, 1.165) is 12.1 Å². The van der Waals surface area contributed by atoms with Gasteiger partial charge < -0.3 is 9.47 Å². The number of ether oxygens (including phenoxy) is 2. The second kappa shape index (κ2) is 11.8. The quantitative estimate of drug-likeness (QED) is 0.468. The topological polar surface area (TPSA) is 76.2 Å². The van der Waals surface area contributed by atoms with E-state index in [-0.39, 0.29) is 44.2 Å². The number of hydrogen-bond acceptors (Lipinski definition) is 6. The third-order valence-corrected chi connectivity index (χ3v) is 5.59. The highest BCUT2D eigenvalue weighted by Gasteiger charge is 2.30. The van der Waals surface area contributed by atoms with Gasteiger partial charge in [-0.15, -0.1) is 0 Å². The second-order valence-electron chi connectivity index (χ2n) is 8.10. The largest absolute Gasteiger partial charge is 0.492 e. The Labute approximate surface area is 201 Å². The van der Waals surface area contributed by atoms with Crippen molar-refractivity contribution >= 4 is 17.7 Å². The molecule has 0 aromatic heterocycles. The number of carbonyl (C=O) groups is 3. The standard InChI is InChI=1S/C25H27F3N2O5/c1-34-24(33)19-7-9-22(10-8-19)35-15-14-30-23(32)6-3-12-29(30)13-11-21(31)17-18-4-2-5-20(16-18)25(26,27)28/h2,4-5,7-10,16H,3,6,11-15,17H2,1H3. The number of esters is 1. The van der Waals surface area contributed by atoms with Crippen LogP contribution in [0.1, 0.15) is 40.7 Å². The first-order valence-electron chi connectivity index (χ1n) is 11.2. The third-order valence-electron chi connectivity index (χ3n) is 5.59. The fourth-order valence-corrected chi connectivity index (χ4v) is 3.80. The molecule has 2 aromatic carbocycles. The molecule has 0 N–H and O–H groups in total. The van der Waals surface area contributed by atoms with E-state index in [0.29, 0.717) is 36.3 Å². The molecule has 0 aliphatic carbocycles. The third kappa shape index (κ3) is 7.54. The number of halogens is 3. The summed E-state index contributed by atoms with van der Waals surface area (Å²) < 4.78 is 49.0. The highest BCUT2D eigenvalue weighted by atomic mass is 19.4. The Morgan fingerprint density at radius 2 is 1.80 bits per heavy atom. The van der Waals surface area contributed by atoms with Crippen LogP contribution < -0.4 is 4.74 Å². The Morgan fingerprint density at radius 1 is 1.06 bits per heavy atom. The molecule has 0 spiro atoms. The fraction of sp³-hybridized carbons (Fsp3) is 0.400. The zero-order valence-corrected chi connectivity index (χ0v) is 19.3. The zero-order chi connectivity index (χ0) is 25.4. The van der Waals surface area contributed by atoms with Crippen molar-refractivity contribution in [3.8, 4) is 5.75 Å². The normalized spacial score (nSPS) is 14.6. The van der Waals surface area contributed by atoms with E-state index in [2.05, 4.69) is 4.74 Å². The van der Waals surface area contributed by atoms with Gasteiger partial charge in [-0.25, -0.2) is 9.80 Å². The van der Waals surface area contributed by atoms with E-state index >= 15 is 0 Å². The number of ketones is 1. The van der Waals surface area contributed by atoms with Crippen LogP contribution in [0.25, 0.3) is 0 Å². The average molecular weight is 492 g/mol. The summed E-state index contributed by atoms with van der Waals surface area (Å²) in [6.07, 6.45) is -3.40. The minimum atomic E-state index is -4.46. The van der Waals surface area contributed by atoms with E-state index in [4.69, 9.17) is 4.74 Å². The Hall–Kier alpha value is -3.40. The van der Waals surface area contributed by atoms with E-state index < -0.39 is 17.7 Å². The number of hydrazine groups is 1. The van der Waals surface area contributed by atoms with Crippen LogP contribution in [0, 0.1) is 0 Å². The summed E-state index contributed by atoms with van der Waals surface area (Å²) in [5, 5.41) is 3.35. The zero-order valence-electron chi connectivity index (χ0n) is 19.3. The lowest BCUT2D eigenvalue weighted by Gasteiger charge is -2.38. The number of hydrogen-bond donors (Lipinski definition) is 0. The summed E-state index contributed by atoms with van der Waals surface area (Å²) in [5.41, 5.74) is -0.0782. The maximum Gasteiger partial charge on any atom is 0.416 e. The van der Waals surface area contributed by atoms with Crippen molar-refractivity contribution in [3.05, 3.63) is 65.2 Å². The molecule has 1 fully saturated rings. The average Bonchev–Trinajstić information content (AvgIpc) is 2.83. The first kappa shape index (κ1) is 26.2. The predicted molar refractivity (Wildman–Crippen MR) is 121 cm³/mol. The van der Waals surface area contributed by atoms with Gasteiger partial charge in [-0.1, -0.05) is 18.2 Å². The van der Waals surface area contributed by atoms with Crippen LogP contribution in [-0.4, -0.2) is 61.0 Å². The van der Waals surface area contributed by atoms with E-state index in [1.165, 1.54) is 19.2 Å². The molecule has 0 saturated carbocycles. The second-order valence-corrected chi connectivity index (χ2v) is 8.10. The number of amides is 1. The molecule has 1 heterocycles. The number of rotatable bonds is 10. The summed E-state index contributed by atoms with van der Waals surface area (Å²) in [4.78, 5) is 36.4. The maximum absolute atomic E-state index is 12.9. The van der Waals surface area contributed by atoms with Gasteiger partial charge in [-0.2, -0.15) is 13.2 Å². The molecule has 7 nitrogen and oxygen atoms in total. The van der Waals surface area contributed by atoms with Crippen LogP contribution in [0.5, 0.6) is 5.75 Å². The Kier molecular flexibility index (Phi) is 8.86. The van der Waals surface area contributed by atoms with Crippen LogP contribution in [0.4, 0.5) is 13.2 Å². The molecular formula is C25H27F3N2O5. The lowest BCUT2D eigenvalue weighted by atomic mass is 10.0. The lowest BCUT2D eigenvalue weighted by molar-refractivity contribution is -0.157. The number of nitrogens with zero attached hydrogens (tertiary/aromatic N) is 2. The van der Waals surface area contributed by atoms with Crippen molar-refractivity contribution in [3.63, 3.8) is 0 Å². The molecule has 0 radical (unpaired) electrons.